The third-order valence-electron chi connectivity index (χ3n) is 4.40. The van der Waals surface area contributed by atoms with Crippen LogP contribution in [0.2, 0.25) is 0 Å². The van der Waals surface area contributed by atoms with Gasteiger partial charge >= 0.3 is 5.97 Å². The van der Waals surface area contributed by atoms with Gasteiger partial charge in [-0.05, 0) is 42.7 Å². The molecule has 4 heteroatoms. The molecule has 1 aliphatic rings. The topological polar surface area (TPSA) is 26.3 Å². The molecule has 1 aliphatic carbocycles. The van der Waals surface area contributed by atoms with Gasteiger partial charge in [0.25, 0.3) is 0 Å². The number of ether oxygens (including phenoxy) is 1. The van der Waals surface area contributed by atoms with E-state index in [0.29, 0.717) is 17.8 Å². The van der Waals surface area contributed by atoms with Gasteiger partial charge < -0.3 is 4.74 Å². The Morgan fingerprint density at radius 3 is 2.59 bits per heavy atom. The van der Waals surface area contributed by atoms with Crippen LogP contribution < -0.4 is 0 Å². The highest BCUT2D eigenvalue weighted by Gasteiger charge is 2.34. The molecule has 0 amide bonds. The molecule has 2 nitrogen and oxygen atoms in total. The van der Waals surface area contributed by atoms with Crippen LogP contribution in [-0.4, -0.2) is 16.8 Å². The summed E-state index contributed by atoms with van der Waals surface area (Å²) in [6, 6.07) is 9.73. The second kappa shape index (κ2) is 8.26. The van der Waals surface area contributed by atoms with Crippen molar-refractivity contribution < 1.29 is 9.53 Å². The molecule has 0 heterocycles. The summed E-state index contributed by atoms with van der Waals surface area (Å²) in [5.74, 6) is 1.29. The first kappa shape index (κ1) is 17.7. The second-order valence-corrected chi connectivity index (χ2v) is 8.42. The number of carbonyl (C=O) groups excluding carboxylic acids is 1. The van der Waals surface area contributed by atoms with E-state index >= 15 is 0 Å². The molecule has 0 bridgehead atoms. The summed E-state index contributed by atoms with van der Waals surface area (Å²) in [5, 5.41) is 0. The van der Waals surface area contributed by atoms with E-state index in [9.17, 15) is 4.79 Å². The van der Waals surface area contributed by atoms with Crippen LogP contribution in [0.3, 0.4) is 0 Å². The molecule has 1 unspecified atom stereocenters. The van der Waals surface area contributed by atoms with Crippen molar-refractivity contribution in [2.75, 3.05) is 0 Å². The number of halogens is 1. The number of hydrogen-bond donors (Lipinski definition) is 0. The van der Waals surface area contributed by atoms with E-state index in [1.54, 1.807) is 0 Å². The van der Waals surface area contributed by atoms with E-state index in [1.165, 1.54) is 18.2 Å². The minimum atomic E-state index is -0.688. The van der Waals surface area contributed by atoms with Crippen molar-refractivity contribution in [2.45, 2.75) is 55.7 Å². The summed E-state index contributed by atoms with van der Waals surface area (Å²) < 4.78 is 5.09. The zero-order valence-corrected chi connectivity index (χ0v) is 15.1. The molecule has 0 radical (unpaired) electrons. The smallest absolute Gasteiger partial charge is 0.335 e. The third-order valence-corrected chi connectivity index (χ3v) is 5.79. The molecule has 1 fully saturated rings. The van der Waals surface area contributed by atoms with Crippen molar-refractivity contribution in [3.63, 3.8) is 0 Å². The van der Waals surface area contributed by atoms with Gasteiger partial charge in [-0.3, -0.25) is 0 Å². The highest BCUT2D eigenvalue weighted by molar-refractivity contribution is 8.01. The quantitative estimate of drug-likeness (QED) is 0.410. The van der Waals surface area contributed by atoms with Gasteiger partial charge in [-0.15, -0.1) is 0 Å². The van der Waals surface area contributed by atoms with Gasteiger partial charge in [0, 0.05) is 4.90 Å². The van der Waals surface area contributed by atoms with Gasteiger partial charge in [-0.1, -0.05) is 68.8 Å². The van der Waals surface area contributed by atoms with Crippen LogP contribution in [0.25, 0.3) is 0 Å². The summed E-state index contributed by atoms with van der Waals surface area (Å²) >= 11 is 7.58. The lowest BCUT2D eigenvalue weighted by atomic mass is 9.75. The molecule has 122 valence electrons. The molecule has 2 rings (SSSR count). The Bertz CT molecular complexity index is 477. The Labute approximate surface area is 143 Å². The lowest BCUT2D eigenvalue weighted by molar-refractivity contribution is -0.153. The predicted octanol–water partition coefficient (Wildman–Crippen LogP) is 5.35. The molecule has 0 saturated heterocycles. The lowest BCUT2D eigenvalue weighted by Crippen LogP contribution is -2.37. The number of thioether (sulfide) groups is 1. The number of benzene rings is 1. The summed E-state index contributed by atoms with van der Waals surface area (Å²) in [4.78, 5) is 13.3. The van der Waals surface area contributed by atoms with E-state index in [0.717, 1.165) is 17.7 Å². The summed E-state index contributed by atoms with van der Waals surface area (Å²) in [7, 11) is 0. The predicted molar refractivity (Wildman–Crippen MR) is 93.2 cm³/mol. The van der Waals surface area contributed by atoms with E-state index < -0.39 is 4.71 Å². The first-order valence-corrected chi connectivity index (χ1v) is 9.35. The molecule has 4 atom stereocenters. The standard InChI is InChI=1S/C18H25ClO2S/c1-12(2)15-10-9-13(3)11-16(15)21-18(20)17(19)22-14-7-5-4-6-8-14/h4-8,12-13,15-17H,9-11H2,1-3H3/t13-,15+,16-,17?/m1/s1. The lowest BCUT2D eigenvalue weighted by Gasteiger charge is -2.37. The minimum Gasteiger partial charge on any atom is -0.460 e. The summed E-state index contributed by atoms with van der Waals surface area (Å²) in [6.07, 6.45) is 3.32. The monoisotopic (exact) mass is 340 g/mol. The van der Waals surface area contributed by atoms with Crippen molar-refractivity contribution in [3.8, 4) is 0 Å². The average molecular weight is 341 g/mol. The van der Waals surface area contributed by atoms with E-state index in [2.05, 4.69) is 20.8 Å². The van der Waals surface area contributed by atoms with Gasteiger partial charge in [0.05, 0.1) is 0 Å². The largest absolute Gasteiger partial charge is 0.460 e. The Hall–Kier alpha value is -0.670. The van der Waals surface area contributed by atoms with Gasteiger partial charge in [0.15, 0.2) is 4.71 Å². The molecule has 22 heavy (non-hydrogen) atoms. The zero-order valence-electron chi connectivity index (χ0n) is 13.5. The molecule has 1 aromatic rings. The normalized spacial score (nSPS) is 26.7. The zero-order chi connectivity index (χ0) is 16.1. The van der Waals surface area contributed by atoms with Gasteiger partial charge in [0.1, 0.15) is 6.10 Å². The number of hydrogen-bond acceptors (Lipinski definition) is 3. The molecular formula is C18H25ClO2S. The first-order valence-electron chi connectivity index (χ1n) is 8.03. The van der Waals surface area contributed by atoms with E-state index in [-0.39, 0.29) is 12.1 Å². The fourth-order valence-electron chi connectivity index (χ4n) is 3.12. The van der Waals surface area contributed by atoms with Crippen LogP contribution >= 0.6 is 23.4 Å². The first-order chi connectivity index (χ1) is 10.5. The van der Waals surface area contributed by atoms with Crippen molar-refractivity contribution >= 4 is 29.3 Å². The minimum absolute atomic E-state index is 0.00822. The van der Waals surface area contributed by atoms with Gasteiger partial charge in [-0.2, -0.15) is 0 Å². The van der Waals surface area contributed by atoms with Crippen molar-refractivity contribution in [2.24, 2.45) is 17.8 Å². The van der Waals surface area contributed by atoms with Crippen molar-refractivity contribution in [1.29, 1.82) is 0 Å². The molecule has 0 aliphatic heterocycles. The highest BCUT2D eigenvalue weighted by Crippen LogP contribution is 2.36. The van der Waals surface area contributed by atoms with Crippen LogP contribution in [-0.2, 0) is 9.53 Å². The van der Waals surface area contributed by atoms with Gasteiger partial charge in [0.2, 0.25) is 0 Å². The highest BCUT2D eigenvalue weighted by atomic mass is 35.5. The Morgan fingerprint density at radius 1 is 1.27 bits per heavy atom. The van der Waals surface area contributed by atoms with Crippen LogP contribution in [0.15, 0.2) is 35.2 Å². The molecular weight excluding hydrogens is 316 g/mol. The SMILES string of the molecule is CC(C)[C@@H]1CC[C@@H](C)C[C@H]1OC(=O)C(Cl)Sc1ccccc1. The fourth-order valence-corrected chi connectivity index (χ4v) is 4.18. The fraction of sp³-hybridized carbons (Fsp3) is 0.611. The third kappa shape index (κ3) is 4.92. The second-order valence-electron chi connectivity index (χ2n) is 6.55. The van der Waals surface area contributed by atoms with E-state index in [1.807, 2.05) is 30.3 Å². The van der Waals surface area contributed by atoms with Crippen LogP contribution in [0, 0.1) is 17.8 Å². The molecule has 1 aromatic carbocycles. The van der Waals surface area contributed by atoms with Crippen molar-refractivity contribution in [3.05, 3.63) is 30.3 Å². The molecule has 1 saturated carbocycles. The maximum absolute atomic E-state index is 12.3. The summed E-state index contributed by atoms with van der Waals surface area (Å²) in [6.45, 7) is 6.64. The Kier molecular flexibility index (Phi) is 6.64. The molecule has 0 aromatic heterocycles. The van der Waals surface area contributed by atoms with Crippen LogP contribution in [0.1, 0.15) is 40.0 Å². The average Bonchev–Trinajstić information content (AvgIpc) is 2.48. The van der Waals surface area contributed by atoms with Crippen LogP contribution in [0.5, 0.6) is 0 Å². The maximum Gasteiger partial charge on any atom is 0.335 e. The van der Waals surface area contributed by atoms with Gasteiger partial charge in [-0.25, -0.2) is 4.79 Å². The number of carbonyl (C=O) groups is 1. The maximum atomic E-state index is 12.3. The van der Waals surface area contributed by atoms with Crippen LogP contribution in [0.4, 0.5) is 0 Å². The number of alkyl halides is 1. The number of rotatable bonds is 5. The Balaban J connectivity index is 1.94. The molecule has 0 spiro atoms. The Morgan fingerprint density at radius 2 is 1.95 bits per heavy atom. The number of esters is 1. The van der Waals surface area contributed by atoms with Crippen molar-refractivity contribution in [1.82, 2.24) is 0 Å². The molecule has 0 N–H and O–H groups in total. The van der Waals surface area contributed by atoms with E-state index in [4.69, 9.17) is 16.3 Å². The summed E-state index contributed by atoms with van der Waals surface area (Å²) in [5.41, 5.74) is 0.